The molecular weight excluding hydrogens is 308 g/mol. The molecule has 0 bridgehead atoms. The van der Waals surface area contributed by atoms with Crippen molar-refractivity contribution in [2.45, 2.75) is 0 Å². The minimum atomic E-state index is -0.535. The van der Waals surface area contributed by atoms with Crippen LogP contribution < -0.4 is 10.1 Å². The zero-order chi connectivity index (χ0) is 15.9. The summed E-state index contributed by atoms with van der Waals surface area (Å²) in [5, 5.41) is 2.76. The molecule has 22 heavy (non-hydrogen) atoms. The lowest BCUT2D eigenvalue weighted by Gasteiger charge is -2.10. The summed E-state index contributed by atoms with van der Waals surface area (Å²) < 4.78 is 9.93. The highest BCUT2D eigenvalue weighted by molar-refractivity contribution is 6.30. The topological polar surface area (TPSA) is 77.5 Å². The van der Waals surface area contributed by atoms with Crippen LogP contribution in [0.5, 0.6) is 5.75 Å². The summed E-state index contributed by atoms with van der Waals surface area (Å²) in [6, 6.07) is 9.77. The van der Waals surface area contributed by atoms with Crippen molar-refractivity contribution in [3.05, 3.63) is 53.3 Å². The van der Waals surface area contributed by atoms with Crippen LogP contribution in [0.3, 0.4) is 0 Å². The van der Waals surface area contributed by atoms with Crippen LogP contribution >= 0.6 is 11.6 Å². The summed E-state index contributed by atoms with van der Waals surface area (Å²) in [5.41, 5.74) is 0.609. The SMILES string of the molecule is COC(=O)c1ccccc1NC(=O)COc1cccnc1Cl. The molecule has 1 aromatic carbocycles. The number of amides is 1. The minimum absolute atomic E-state index is 0.172. The van der Waals surface area contributed by atoms with Gasteiger partial charge in [-0.1, -0.05) is 23.7 Å². The van der Waals surface area contributed by atoms with Gasteiger partial charge in [0.15, 0.2) is 17.5 Å². The van der Waals surface area contributed by atoms with Crippen molar-refractivity contribution in [1.82, 2.24) is 4.98 Å². The predicted molar refractivity (Wildman–Crippen MR) is 81.2 cm³/mol. The number of carbonyl (C=O) groups is 2. The molecule has 0 aliphatic rings. The van der Waals surface area contributed by atoms with Gasteiger partial charge in [0.1, 0.15) is 0 Å². The standard InChI is InChI=1S/C15H13ClN2O4/c1-21-15(20)10-5-2-3-6-11(10)18-13(19)9-22-12-7-4-8-17-14(12)16/h2-8H,9H2,1H3,(H,18,19). The van der Waals surface area contributed by atoms with E-state index in [2.05, 4.69) is 15.0 Å². The zero-order valence-electron chi connectivity index (χ0n) is 11.7. The largest absolute Gasteiger partial charge is 0.481 e. The molecule has 1 aromatic heterocycles. The molecule has 2 aromatic rings. The number of anilines is 1. The number of nitrogens with one attached hydrogen (secondary N) is 1. The Morgan fingerprint density at radius 1 is 1.23 bits per heavy atom. The third kappa shape index (κ3) is 3.95. The number of esters is 1. The Morgan fingerprint density at radius 2 is 2.00 bits per heavy atom. The number of ether oxygens (including phenoxy) is 2. The van der Waals surface area contributed by atoms with Crippen molar-refractivity contribution in [3.63, 3.8) is 0 Å². The molecule has 0 aliphatic heterocycles. The third-order valence-electron chi connectivity index (χ3n) is 2.69. The van der Waals surface area contributed by atoms with Crippen LogP contribution in [0.25, 0.3) is 0 Å². The van der Waals surface area contributed by atoms with Crippen molar-refractivity contribution in [2.24, 2.45) is 0 Å². The lowest BCUT2D eigenvalue weighted by Crippen LogP contribution is -2.21. The molecule has 0 spiro atoms. The van der Waals surface area contributed by atoms with Crippen molar-refractivity contribution < 1.29 is 19.1 Å². The molecule has 0 atom stereocenters. The van der Waals surface area contributed by atoms with Crippen molar-refractivity contribution in [2.75, 3.05) is 19.0 Å². The second-order valence-corrected chi connectivity index (χ2v) is 4.52. The van der Waals surface area contributed by atoms with Gasteiger partial charge >= 0.3 is 5.97 Å². The van der Waals surface area contributed by atoms with Gasteiger partial charge in [-0.3, -0.25) is 4.79 Å². The second kappa shape index (κ2) is 7.42. The van der Waals surface area contributed by atoms with Gasteiger partial charge in [0.2, 0.25) is 0 Å². The Bertz CT molecular complexity index is 691. The molecule has 0 unspecified atom stereocenters. The predicted octanol–water partition coefficient (Wildman–Crippen LogP) is 2.54. The first-order valence-electron chi connectivity index (χ1n) is 6.32. The van der Waals surface area contributed by atoms with Crippen LogP contribution in [0, 0.1) is 0 Å². The highest BCUT2D eigenvalue weighted by atomic mass is 35.5. The number of para-hydroxylation sites is 1. The number of halogens is 1. The minimum Gasteiger partial charge on any atom is -0.481 e. The van der Waals surface area contributed by atoms with Crippen LogP contribution in [0.15, 0.2) is 42.6 Å². The molecule has 6 nitrogen and oxygen atoms in total. The fraction of sp³-hybridized carbons (Fsp3) is 0.133. The van der Waals surface area contributed by atoms with Gasteiger partial charge in [-0.2, -0.15) is 0 Å². The van der Waals surface area contributed by atoms with E-state index in [1.54, 1.807) is 36.4 Å². The van der Waals surface area contributed by atoms with E-state index in [-0.39, 0.29) is 17.3 Å². The number of aromatic nitrogens is 1. The molecule has 2 rings (SSSR count). The second-order valence-electron chi connectivity index (χ2n) is 4.17. The number of nitrogens with zero attached hydrogens (tertiary/aromatic N) is 1. The molecule has 114 valence electrons. The average molecular weight is 321 g/mol. The summed E-state index contributed by atoms with van der Waals surface area (Å²) >= 11 is 5.82. The zero-order valence-corrected chi connectivity index (χ0v) is 12.5. The highest BCUT2D eigenvalue weighted by Crippen LogP contribution is 2.20. The number of hydrogen-bond donors (Lipinski definition) is 1. The summed E-state index contributed by atoms with van der Waals surface area (Å²) in [4.78, 5) is 27.4. The van der Waals surface area contributed by atoms with Crippen molar-refractivity contribution in [1.29, 1.82) is 0 Å². The number of carbonyl (C=O) groups excluding carboxylic acids is 2. The van der Waals surface area contributed by atoms with E-state index in [9.17, 15) is 9.59 Å². The van der Waals surface area contributed by atoms with E-state index in [0.29, 0.717) is 11.4 Å². The molecule has 1 amide bonds. The molecule has 0 fully saturated rings. The van der Waals surface area contributed by atoms with Gasteiger partial charge in [0.05, 0.1) is 18.4 Å². The quantitative estimate of drug-likeness (QED) is 0.676. The Morgan fingerprint density at radius 3 is 2.73 bits per heavy atom. The Labute approximate surface area is 132 Å². The number of methoxy groups -OCH3 is 1. The lowest BCUT2D eigenvalue weighted by atomic mass is 10.2. The number of benzene rings is 1. The van der Waals surface area contributed by atoms with E-state index < -0.39 is 11.9 Å². The van der Waals surface area contributed by atoms with E-state index in [1.165, 1.54) is 13.3 Å². The number of rotatable bonds is 5. The first kappa shape index (κ1) is 15.8. The van der Waals surface area contributed by atoms with Gasteiger partial charge in [0.25, 0.3) is 5.91 Å². The van der Waals surface area contributed by atoms with E-state index in [1.807, 2.05) is 0 Å². The fourth-order valence-electron chi connectivity index (χ4n) is 1.69. The van der Waals surface area contributed by atoms with Gasteiger partial charge < -0.3 is 14.8 Å². The molecule has 0 saturated heterocycles. The summed E-state index contributed by atoms with van der Waals surface area (Å²) in [6.45, 7) is -0.263. The molecule has 0 aliphatic carbocycles. The van der Waals surface area contributed by atoms with Gasteiger partial charge in [-0.25, -0.2) is 9.78 Å². The Balaban J connectivity index is 2.01. The maximum absolute atomic E-state index is 11.9. The monoisotopic (exact) mass is 320 g/mol. The molecular formula is C15H13ClN2O4. The molecule has 7 heteroatoms. The molecule has 0 radical (unpaired) electrons. The Kier molecular flexibility index (Phi) is 5.32. The molecule has 1 N–H and O–H groups in total. The van der Waals surface area contributed by atoms with Gasteiger partial charge in [-0.05, 0) is 24.3 Å². The van der Waals surface area contributed by atoms with E-state index in [4.69, 9.17) is 16.3 Å². The Hall–Kier alpha value is -2.60. The van der Waals surface area contributed by atoms with Crippen molar-refractivity contribution in [3.8, 4) is 5.75 Å². The smallest absolute Gasteiger partial charge is 0.339 e. The normalized spacial score (nSPS) is 9.91. The maximum Gasteiger partial charge on any atom is 0.339 e. The van der Waals surface area contributed by atoms with E-state index >= 15 is 0 Å². The van der Waals surface area contributed by atoms with E-state index in [0.717, 1.165) is 0 Å². The first-order valence-corrected chi connectivity index (χ1v) is 6.70. The summed E-state index contributed by atoms with van der Waals surface area (Å²) in [7, 11) is 1.27. The van der Waals surface area contributed by atoms with Crippen LogP contribution in [0.2, 0.25) is 5.15 Å². The van der Waals surface area contributed by atoms with Crippen LogP contribution in [-0.2, 0) is 9.53 Å². The third-order valence-corrected chi connectivity index (χ3v) is 2.97. The maximum atomic E-state index is 11.9. The van der Waals surface area contributed by atoms with Crippen LogP contribution in [-0.4, -0.2) is 30.6 Å². The molecule has 1 heterocycles. The van der Waals surface area contributed by atoms with Crippen molar-refractivity contribution >= 4 is 29.2 Å². The summed E-state index contributed by atoms with van der Waals surface area (Å²) in [5.74, 6) is -0.663. The van der Waals surface area contributed by atoms with Gasteiger partial charge in [0, 0.05) is 6.20 Å². The summed E-state index contributed by atoms with van der Waals surface area (Å²) in [6.07, 6.45) is 1.52. The van der Waals surface area contributed by atoms with Gasteiger partial charge in [-0.15, -0.1) is 0 Å². The molecule has 0 saturated carbocycles. The van der Waals surface area contributed by atoms with Crippen LogP contribution in [0.1, 0.15) is 10.4 Å². The number of hydrogen-bond acceptors (Lipinski definition) is 5. The highest BCUT2D eigenvalue weighted by Gasteiger charge is 2.13. The average Bonchev–Trinajstić information content (AvgIpc) is 2.54. The first-order chi connectivity index (χ1) is 10.6. The lowest BCUT2D eigenvalue weighted by molar-refractivity contribution is -0.118. The number of pyridine rings is 1. The van der Waals surface area contributed by atoms with Crippen LogP contribution in [0.4, 0.5) is 5.69 Å². The fourth-order valence-corrected chi connectivity index (χ4v) is 1.86.